The van der Waals surface area contributed by atoms with E-state index >= 15 is 0 Å². The summed E-state index contributed by atoms with van der Waals surface area (Å²) >= 11 is 0. The van der Waals surface area contributed by atoms with Gasteiger partial charge in [-0.25, -0.2) is 0 Å². The Labute approximate surface area is 116 Å². The van der Waals surface area contributed by atoms with Crippen molar-refractivity contribution in [3.8, 4) is 0 Å². The summed E-state index contributed by atoms with van der Waals surface area (Å²) in [4.78, 5) is 2.35. The Morgan fingerprint density at radius 1 is 1.32 bits per heavy atom. The van der Waals surface area contributed by atoms with E-state index in [0.29, 0.717) is 12.6 Å². The van der Waals surface area contributed by atoms with Crippen molar-refractivity contribution in [3.05, 3.63) is 35.4 Å². The summed E-state index contributed by atoms with van der Waals surface area (Å²) in [6.07, 6.45) is 1.09. The zero-order valence-electron chi connectivity index (χ0n) is 12.3. The van der Waals surface area contributed by atoms with E-state index in [4.69, 9.17) is 0 Å². The van der Waals surface area contributed by atoms with E-state index in [2.05, 4.69) is 48.3 Å². The lowest BCUT2D eigenvalue weighted by atomic mass is 9.98. The van der Waals surface area contributed by atoms with Gasteiger partial charge in [-0.15, -0.1) is 0 Å². The highest BCUT2D eigenvalue weighted by Gasteiger charge is 2.26. The monoisotopic (exact) mass is 262 g/mol. The lowest BCUT2D eigenvalue weighted by Gasteiger charge is -2.35. The van der Waals surface area contributed by atoms with Crippen molar-refractivity contribution in [1.82, 2.24) is 10.2 Å². The molecular weight excluding hydrogens is 236 g/mol. The number of aliphatic hydroxyl groups is 1. The van der Waals surface area contributed by atoms with Crippen LogP contribution < -0.4 is 5.32 Å². The van der Waals surface area contributed by atoms with Gasteiger partial charge in [-0.2, -0.15) is 0 Å². The van der Waals surface area contributed by atoms with Crippen LogP contribution in [0.2, 0.25) is 0 Å². The third-order valence-electron chi connectivity index (χ3n) is 3.67. The van der Waals surface area contributed by atoms with Crippen molar-refractivity contribution in [1.29, 1.82) is 0 Å². The predicted molar refractivity (Wildman–Crippen MR) is 79.2 cm³/mol. The number of nitrogens with one attached hydrogen (secondary N) is 1. The Bertz CT molecular complexity index is 415. The first-order valence-electron chi connectivity index (χ1n) is 7.21. The Morgan fingerprint density at radius 2 is 2.00 bits per heavy atom. The predicted octanol–water partition coefficient (Wildman–Crippen LogP) is 1.79. The van der Waals surface area contributed by atoms with E-state index in [9.17, 15) is 5.11 Å². The minimum atomic E-state index is -0.670. The van der Waals surface area contributed by atoms with Crippen LogP contribution in [-0.2, 0) is 13.0 Å². The minimum absolute atomic E-state index is 0.411. The second-order valence-corrected chi connectivity index (χ2v) is 6.26. The van der Waals surface area contributed by atoms with Crippen LogP contribution in [0.1, 0.15) is 31.9 Å². The zero-order valence-corrected chi connectivity index (χ0v) is 12.3. The van der Waals surface area contributed by atoms with Crippen LogP contribution in [0.4, 0.5) is 0 Å². The van der Waals surface area contributed by atoms with Crippen molar-refractivity contribution in [3.63, 3.8) is 0 Å². The first-order chi connectivity index (χ1) is 8.96. The third-order valence-corrected chi connectivity index (χ3v) is 3.67. The van der Waals surface area contributed by atoms with Gasteiger partial charge >= 0.3 is 0 Å². The highest BCUT2D eigenvalue weighted by molar-refractivity contribution is 5.29. The molecule has 2 N–H and O–H groups in total. The third kappa shape index (κ3) is 4.30. The van der Waals surface area contributed by atoms with E-state index in [0.717, 1.165) is 26.1 Å². The second kappa shape index (κ2) is 6.04. The standard InChI is InChI=1S/C16H26N2O/c1-13(2)17-11-16(3,19)12-18-9-8-14-6-4-5-7-15(14)10-18/h4-7,13,17,19H,8-12H2,1-3H3. The van der Waals surface area contributed by atoms with E-state index in [1.54, 1.807) is 0 Å². The van der Waals surface area contributed by atoms with Crippen molar-refractivity contribution >= 4 is 0 Å². The molecular formula is C16H26N2O. The van der Waals surface area contributed by atoms with Gasteiger partial charge in [0.15, 0.2) is 0 Å². The van der Waals surface area contributed by atoms with Gasteiger partial charge in [0.25, 0.3) is 0 Å². The van der Waals surface area contributed by atoms with E-state index < -0.39 is 5.60 Å². The summed E-state index contributed by atoms with van der Waals surface area (Å²) in [5, 5.41) is 13.8. The normalized spacial score (nSPS) is 19.2. The zero-order chi connectivity index (χ0) is 13.9. The number of nitrogens with zero attached hydrogens (tertiary/aromatic N) is 1. The maximum absolute atomic E-state index is 10.5. The SMILES string of the molecule is CC(C)NCC(C)(O)CN1CCc2ccccc2C1. The van der Waals surface area contributed by atoms with Gasteiger partial charge in [0.05, 0.1) is 5.60 Å². The van der Waals surface area contributed by atoms with Crippen molar-refractivity contribution in [2.75, 3.05) is 19.6 Å². The Hall–Kier alpha value is -0.900. The molecule has 2 rings (SSSR count). The molecule has 0 bridgehead atoms. The lowest BCUT2D eigenvalue weighted by Crippen LogP contribution is -2.49. The Morgan fingerprint density at radius 3 is 2.68 bits per heavy atom. The molecule has 3 heteroatoms. The first kappa shape index (κ1) is 14.5. The van der Waals surface area contributed by atoms with Crippen LogP contribution in [0, 0.1) is 0 Å². The number of benzene rings is 1. The Kier molecular flexibility index (Phi) is 4.61. The van der Waals surface area contributed by atoms with Crippen LogP contribution in [0.25, 0.3) is 0 Å². The maximum atomic E-state index is 10.5. The fourth-order valence-electron chi connectivity index (χ4n) is 2.65. The molecule has 19 heavy (non-hydrogen) atoms. The molecule has 0 spiro atoms. The molecule has 0 amide bonds. The fourth-order valence-corrected chi connectivity index (χ4v) is 2.65. The summed E-state index contributed by atoms with van der Waals surface area (Å²) in [7, 11) is 0. The fraction of sp³-hybridized carbons (Fsp3) is 0.625. The van der Waals surface area contributed by atoms with Crippen LogP contribution in [0.15, 0.2) is 24.3 Å². The van der Waals surface area contributed by atoms with Crippen LogP contribution in [0.3, 0.4) is 0 Å². The topological polar surface area (TPSA) is 35.5 Å². The molecule has 1 aromatic carbocycles. The molecule has 1 aromatic rings. The van der Waals surface area contributed by atoms with Gasteiger partial charge in [-0.1, -0.05) is 38.1 Å². The average Bonchev–Trinajstić information content (AvgIpc) is 2.36. The lowest BCUT2D eigenvalue weighted by molar-refractivity contribution is 0.0147. The number of fused-ring (bicyclic) bond motifs is 1. The molecule has 1 aliphatic heterocycles. The summed E-state index contributed by atoms with van der Waals surface area (Å²) in [6, 6.07) is 9.03. The number of hydrogen-bond donors (Lipinski definition) is 2. The molecule has 0 saturated heterocycles. The van der Waals surface area contributed by atoms with Gasteiger partial charge in [-0.05, 0) is 24.5 Å². The van der Waals surface area contributed by atoms with Crippen LogP contribution in [-0.4, -0.2) is 41.3 Å². The first-order valence-corrected chi connectivity index (χ1v) is 7.21. The minimum Gasteiger partial charge on any atom is -0.388 e. The smallest absolute Gasteiger partial charge is 0.0869 e. The largest absolute Gasteiger partial charge is 0.388 e. The maximum Gasteiger partial charge on any atom is 0.0869 e. The molecule has 1 heterocycles. The van der Waals surface area contributed by atoms with Gasteiger partial charge in [0, 0.05) is 32.2 Å². The number of hydrogen-bond acceptors (Lipinski definition) is 3. The van der Waals surface area contributed by atoms with E-state index in [1.165, 1.54) is 11.1 Å². The van der Waals surface area contributed by atoms with Gasteiger partial charge in [-0.3, -0.25) is 4.90 Å². The average molecular weight is 262 g/mol. The van der Waals surface area contributed by atoms with Gasteiger partial charge < -0.3 is 10.4 Å². The quantitative estimate of drug-likeness (QED) is 0.849. The second-order valence-electron chi connectivity index (χ2n) is 6.26. The van der Waals surface area contributed by atoms with Crippen molar-refractivity contribution in [2.45, 2.75) is 45.4 Å². The number of β-amino-alcohol motifs (C(OH)–C–C–N with tert-alkyl or cyclic N) is 1. The molecule has 106 valence electrons. The highest BCUT2D eigenvalue weighted by atomic mass is 16.3. The molecule has 0 fully saturated rings. The molecule has 3 nitrogen and oxygen atoms in total. The molecule has 0 saturated carbocycles. The van der Waals surface area contributed by atoms with Crippen LogP contribution >= 0.6 is 0 Å². The highest BCUT2D eigenvalue weighted by Crippen LogP contribution is 2.20. The van der Waals surface area contributed by atoms with Crippen LogP contribution in [0.5, 0.6) is 0 Å². The van der Waals surface area contributed by atoms with E-state index in [-0.39, 0.29) is 0 Å². The summed E-state index contributed by atoms with van der Waals surface area (Å²) < 4.78 is 0. The molecule has 0 radical (unpaired) electrons. The van der Waals surface area contributed by atoms with E-state index in [1.807, 2.05) is 6.92 Å². The summed E-state index contributed by atoms with van der Waals surface area (Å²) in [6.45, 7) is 9.48. The molecule has 1 aliphatic rings. The Balaban J connectivity index is 1.91. The molecule has 0 aromatic heterocycles. The van der Waals surface area contributed by atoms with Gasteiger partial charge in [0.1, 0.15) is 0 Å². The molecule has 0 aliphatic carbocycles. The molecule has 1 unspecified atom stereocenters. The van der Waals surface area contributed by atoms with Gasteiger partial charge in [0.2, 0.25) is 0 Å². The van der Waals surface area contributed by atoms with Crippen molar-refractivity contribution < 1.29 is 5.11 Å². The summed E-state index contributed by atoms with van der Waals surface area (Å²) in [5.74, 6) is 0. The summed E-state index contributed by atoms with van der Waals surface area (Å²) in [5.41, 5.74) is 2.19. The van der Waals surface area contributed by atoms with Crippen molar-refractivity contribution in [2.24, 2.45) is 0 Å². The number of rotatable bonds is 5. The molecule has 1 atom stereocenters.